The SMILES string of the molecule is O=C(NC1CC1)c1ccc2ccccc2c1O. The highest BCUT2D eigenvalue weighted by Gasteiger charge is 2.25. The van der Waals surface area contributed by atoms with E-state index >= 15 is 0 Å². The summed E-state index contributed by atoms with van der Waals surface area (Å²) in [6, 6.07) is 11.3. The molecule has 3 nitrogen and oxygen atoms in total. The number of nitrogens with one attached hydrogen (secondary N) is 1. The van der Waals surface area contributed by atoms with Gasteiger partial charge in [0.2, 0.25) is 0 Å². The maximum Gasteiger partial charge on any atom is 0.255 e. The van der Waals surface area contributed by atoms with Crippen LogP contribution in [-0.2, 0) is 0 Å². The first-order valence-electron chi connectivity index (χ1n) is 5.77. The molecule has 2 aromatic carbocycles. The van der Waals surface area contributed by atoms with Gasteiger partial charge >= 0.3 is 0 Å². The largest absolute Gasteiger partial charge is 0.506 e. The van der Waals surface area contributed by atoms with Crippen molar-refractivity contribution in [1.82, 2.24) is 5.32 Å². The Bertz CT molecular complexity index is 588. The number of hydrogen-bond donors (Lipinski definition) is 2. The Labute approximate surface area is 99.1 Å². The number of carbonyl (C=O) groups excluding carboxylic acids is 1. The van der Waals surface area contributed by atoms with E-state index in [2.05, 4.69) is 5.32 Å². The molecule has 0 aliphatic heterocycles. The summed E-state index contributed by atoms with van der Waals surface area (Å²) in [6.45, 7) is 0. The first-order valence-corrected chi connectivity index (χ1v) is 5.77. The van der Waals surface area contributed by atoms with Crippen molar-refractivity contribution in [3.05, 3.63) is 42.0 Å². The molecule has 3 heteroatoms. The molecule has 0 aromatic heterocycles. The molecular formula is C14H13NO2. The van der Waals surface area contributed by atoms with Crippen molar-refractivity contribution in [3.63, 3.8) is 0 Å². The van der Waals surface area contributed by atoms with Crippen LogP contribution in [0.15, 0.2) is 36.4 Å². The van der Waals surface area contributed by atoms with Gasteiger partial charge in [0.25, 0.3) is 5.91 Å². The third kappa shape index (κ3) is 1.84. The van der Waals surface area contributed by atoms with Crippen LogP contribution in [-0.4, -0.2) is 17.1 Å². The molecule has 0 heterocycles. The van der Waals surface area contributed by atoms with E-state index in [1.54, 1.807) is 6.07 Å². The molecule has 2 aromatic rings. The Morgan fingerprint density at radius 3 is 2.71 bits per heavy atom. The third-order valence-electron chi connectivity index (χ3n) is 3.06. The molecule has 0 unspecified atom stereocenters. The molecular weight excluding hydrogens is 214 g/mol. The number of phenols is 1. The zero-order chi connectivity index (χ0) is 11.8. The summed E-state index contributed by atoms with van der Waals surface area (Å²) in [6.07, 6.45) is 2.08. The van der Waals surface area contributed by atoms with Gasteiger partial charge in [-0.1, -0.05) is 30.3 Å². The van der Waals surface area contributed by atoms with Crippen molar-refractivity contribution in [3.8, 4) is 5.75 Å². The molecule has 1 saturated carbocycles. The summed E-state index contributed by atoms with van der Waals surface area (Å²) in [4.78, 5) is 11.9. The minimum atomic E-state index is -0.184. The van der Waals surface area contributed by atoms with Crippen LogP contribution in [0.3, 0.4) is 0 Å². The Morgan fingerprint density at radius 1 is 1.18 bits per heavy atom. The molecule has 86 valence electrons. The van der Waals surface area contributed by atoms with Crippen molar-refractivity contribution >= 4 is 16.7 Å². The van der Waals surface area contributed by atoms with Gasteiger partial charge in [-0.15, -0.1) is 0 Å². The Hall–Kier alpha value is -2.03. The van der Waals surface area contributed by atoms with Crippen LogP contribution in [0.1, 0.15) is 23.2 Å². The Morgan fingerprint density at radius 2 is 1.94 bits per heavy atom. The smallest absolute Gasteiger partial charge is 0.255 e. The second kappa shape index (κ2) is 3.77. The van der Waals surface area contributed by atoms with Gasteiger partial charge in [-0.2, -0.15) is 0 Å². The first kappa shape index (κ1) is 10.1. The lowest BCUT2D eigenvalue weighted by Crippen LogP contribution is -2.25. The van der Waals surface area contributed by atoms with E-state index < -0.39 is 0 Å². The molecule has 0 spiro atoms. The molecule has 1 fully saturated rings. The maximum atomic E-state index is 11.9. The van der Waals surface area contributed by atoms with Gasteiger partial charge in [0.1, 0.15) is 5.75 Å². The van der Waals surface area contributed by atoms with E-state index in [9.17, 15) is 9.90 Å². The number of fused-ring (bicyclic) bond motifs is 1. The quantitative estimate of drug-likeness (QED) is 0.827. The lowest BCUT2D eigenvalue weighted by Gasteiger charge is -2.08. The van der Waals surface area contributed by atoms with Crippen molar-refractivity contribution in [1.29, 1.82) is 0 Å². The van der Waals surface area contributed by atoms with Gasteiger partial charge in [0, 0.05) is 11.4 Å². The minimum Gasteiger partial charge on any atom is -0.506 e. The predicted molar refractivity (Wildman–Crippen MR) is 66.1 cm³/mol. The highest BCUT2D eigenvalue weighted by Crippen LogP contribution is 2.29. The molecule has 0 atom stereocenters. The number of amides is 1. The van der Waals surface area contributed by atoms with Crippen LogP contribution in [0.25, 0.3) is 10.8 Å². The monoisotopic (exact) mass is 227 g/mol. The van der Waals surface area contributed by atoms with Crippen LogP contribution in [0, 0.1) is 0 Å². The minimum absolute atomic E-state index is 0.0706. The van der Waals surface area contributed by atoms with Gasteiger partial charge in [-0.3, -0.25) is 4.79 Å². The number of phenolic OH excluding ortho intramolecular Hbond substituents is 1. The van der Waals surface area contributed by atoms with E-state index in [0.29, 0.717) is 11.6 Å². The molecule has 1 aliphatic carbocycles. The predicted octanol–water partition coefficient (Wildman–Crippen LogP) is 2.44. The molecule has 17 heavy (non-hydrogen) atoms. The lowest BCUT2D eigenvalue weighted by atomic mass is 10.0. The summed E-state index contributed by atoms with van der Waals surface area (Å²) >= 11 is 0. The van der Waals surface area contributed by atoms with Crippen LogP contribution in [0.4, 0.5) is 0 Å². The first-order chi connectivity index (χ1) is 8.25. The zero-order valence-electron chi connectivity index (χ0n) is 9.31. The van der Waals surface area contributed by atoms with Crippen LogP contribution < -0.4 is 5.32 Å². The summed E-state index contributed by atoms with van der Waals surface area (Å²) in [5.74, 6) is -0.114. The number of hydrogen-bond acceptors (Lipinski definition) is 2. The molecule has 0 bridgehead atoms. The number of aromatic hydroxyl groups is 1. The summed E-state index contributed by atoms with van der Waals surface area (Å²) in [5.41, 5.74) is 0.357. The number of benzene rings is 2. The average molecular weight is 227 g/mol. The van der Waals surface area contributed by atoms with E-state index in [1.165, 1.54) is 0 Å². The second-order valence-electron chi connectivity index (χ2n) is 4.43. The second-order valence-corrected chi connectivity index (χ2v) is 4.43. The van der Waals surface area contributed by atoms with E-state index in [-0.39, 0.29) is 11.7 Å². The van der Waals surface area contributed by atoms with Crippen molar-refractivity contribution in [2.75, 3.05) is 0 Å². The number of carbonyl (C=O) groups is 1. The number of rotatable bonds is 2. The molecule has 2 N–H and O–H groups in total. The van der Waals surface area contributed by atoms with Gasteiger partial charge in [0.15, 0.2) is 0 Å². The highest BCUT2D eigenvalue weighted by molar-refractivity contribution is 6.03. The fourth-order valence-electron chi connectivity index (χ4n) is 1.93. The van der Waals surface area contributed by atoms with E-state index in [4.69, 9.17) is 0 Å². The summed E-state index contributed by atoms with van der Waals surface area (Å²) in [7, 11) is 0. The lowest BCUT2D eigenvalue weighted by molar-refractivity contribution is 0.0948. The molecule has 3 rings (SSSR count). The Kier molecular flexibility index (Phi) is 2.25. The van der Waals surface area contributed by atoms with Crippen LogP contribution in [0.5, 0.6) is 5.75 Å². The molecule has 0 saturated heterocycles. The summed E-state index contributed by atoms with van der Waals surface area (Å²) in [5, 5.41) is 14.6. The topological polar surface area (TPSA) is 49.3 Å². The Balaban J connectivity index is 2.04. The normalized spacial score (nSPS) is 14.8. The van der Waals surface area contributed by atoms with E-state index in [0.717, 1.165) is 23.6 Å². The fraction of sp³-hybridized carbons (Fsp3) is 0.214. The van der Waals surface area contributed by atoms with E-state index in [1.807, 2.05) is 30.3 Å². The average Bonchev–Trinajstić information content (AvgIpc) is 3.13. The van der Waals surface area contributed by atoms with Crippen molar-refractivity contribution < 1.29 is 9.90 Å². The molecule has 1 amide bonds. The highest BCUT2D eigenvalue weighted by atomic mass is 16.3. The van der Waals surface area contributed by atoms with Crippen LogP contribution in [0.2, 0.25) is 0 Å². The van der Waals surface area contributed by atoms with Crippen molar-refractivity contribution in [2.24, 2.45) is 0 Å². The fourth-order valence-corrected chi connectivity index (χ4v) is 1.93. The van der Waals surface area contributed by atoms with Gasteiger partial charge < -0.3 is 10.4 Å². The van der Waals surface area contributed by atoms with Crippen LogP contribution >= 0.6 is 0 Å². The standard InChI is InChI=1S/C14H13NO2/c16-13-11-4-2-1-3-9(11)5-8-12(13)14(17)15-10-6-7-10/h1-5,8,10,16H,6-7H2,(H,15,17). The van der Waals surface area contributed by atoms with Gasteiger partial charge in [-0.05, 0) is 24.3 Å². The van der Waals surface area contributed by atoms with Crippen molar-refractivity contribution in [2.45, 2.75) is 18.9 Å². The zero-order valence-corrected chi connectivity index (χ0v) is 9.31. The maximum absolute atomic E-state index is 11.9. The molecule has 0 radical (unpaired) electrons. The third-order valence-corrected chi connectivity index (χ3v) is 3.06. The van der Waals surface area contributed by atoms with Gasteiger partial charge in [-0.25, -0.2) is 0 Å². The van der Waals surface area contributed by atoms with Gasteiger partial charge in [0.05, 0.1) is 5.56 Å². The molecule has 1 aliphatic rings. The summed E-state index contributed by atoms with van der Waals surface area (Å²) < 4.78 is 0.